The molecule has 1 N–H and O–H groups in total. The van der Waals surface area contributed by atoms with Gasteiger partial charge in [-0.2, -0.15) is 11.8 Å². The van der Waals surface area contributed by atoms with Crippen LogP contribution in [0.1, 0.15) is 33.1 Å². The Morgan fingerprint density at radius 3 is 2.60 bits per heavy atom. The van der Waals surface area contributed by atoms with Crippen LogP contribution in [-0.4, -0.2) is 40.6 Å². The number of carbonyl (C=O) groups excluding carboxylic acids is 1. The fourth-order valence-corrected chi connectivity index (χ4v) is 2.88. The number of nitrogens with one attached hydrogen (secondary N) is 1. The van der Waals surface area contributed by atoms with E-state index in [0.29, 0.717) is 4.75 Å². The van der Waals surface area contributed by atoms with Crippen molar-refractivity contribution in [3.63, 3.8) is 0 Å². The van der Waals surface area contributed by atoms with Crippen molar-refractivity contribution in [2.24, 2.45) is 0 Å². The third-order valence-corrected chi connectivity index (χ3v) is 5.25. The van der Waals surface area contributed by atoms with E-state index in [0.717, 1.165) is 19.6 Å². The van der Waals surface area contributed by atoms with Crippen LogP contribution in [0.2, 0.25) is 0 Å². The molecule has 0 aromatic carbocycles. The first kappa shape index (κ1) is 11.3. The molecule has 1 atom stereocenters. The number of nitrogens with zero attached hydrogens (tertiary/aromatic N) is 1. The third kappa shape index (κ3) is 1.89. The first-order chi connectivity index (χ1) is 7.05. The Morgan fingerprint density at radius 2 is 2.20 bits per heavy atom. The summed E-state index contributed by atoms with van der Waals surface area (Å²) in [6, 6.07) is 0. The molecule has 2 fully saturated rings. The Kier molecular flexibility index (Phi) is 2.75. The van der Waals surface area contributed by atoms with Crippen molar-refractivity contribution in [2.45, 2.75) is 43.4 Å². The number of carbonyl (C=O) groups is 1. The van der Waals surface area contributed by atoms with Crippen molar-refractivity contribution in [2.75, 3.05) is 19.5 Å². The van der Waals surface area contributed by atoms with Gasteiger partial charge in [0.05, 0.1) is 12.2 Å². The molecule has 1 aliphatic carbocycles. The zero-order valence-corrected chi connectivity index (χ0v) is 10.6. The normalized spacial score (nSPS) is 33.5. The van der Waals surface area contributed by atoms with E-state index in [2.05, 4.69) is 18.5 Å². The lowest BCUT2D eigenvalue weighted by molar-refractivity contribution is -0.132. The average Bonchev–Trinajstić information content (AvgIpc) is 2.97. The molecule has 2 rings (SSSR count). The van der Waals surface area contributed by atoms with Crippen molar-refractivity contribution >= 4 is 17.7 Å². The van der Waals surface area contributed by atoms with E-state index in [1.807, 2.05) is 23.6 Å². The van der Waals surface area contributed by atoms with Crippen molar-refractivity contribution in [3.8, 4) is 0 Å². The summed E-state index contributed by atoms with van der Waals surface area (Å²) >= 11 is 1.91. The molecule has 4 heteroatoms. The molecule has 86 valence electrons. The molecule has 0 aromatic rings. The second-order valence-electron chi connectivity index (χ2n) is 4.91. The summed E-state index contributed by atoms with van der Waals surface area (Å²) < 4.78 is 0.385. The maximum absolute atomic E-state index is 12.1. The Labute approximate surface area is 96.0 Å². The van der Waals surface area contributed by atoms with E-state index in [1.54, 1.807) is 0 Å². The number of thioether (sulfide) groups is 1. The highest BCUT2D eigenvalue weighted by molar-refractivity contribution is 8.00. The first-order valence-electron chi connectivity index (χ1n) is 5.65. The number of hydrogen-bond acceptors (Lipinski definition) is 3. The maximum atomic E-state index is 12.1. The fraction of sp³-hybridized carbons (Fsp3) is 0.909. The Bertz CT molecular complexity index is 278. The molecule has 1 saturated carbocycles. The molecular weight excluding hydrogens is 208 g/mol. The molecule has 1 aliphatic heterocycles. The van der Waals surface area contributed by atoms with E-state index < -0.39 is 0 Å². The molecule has 15 heavy (non-hydrogen) atoms. The van der Waals surface area contributed by atoms with Gasteiger partial charge in [0.15, 0.2) is 0 Å². The van der Waals surface area contributed by atoms with Gasteiger partial charge < -0.3 is 4.90 Å². The molecule has 1 unspecified atom stereocenters. The van der Waals surface area contributed by atoms with Crippen LogP contribution in [0.25, 0.3) is 0 Å². The highest BCUT2D eigenvalue weighted by atomic mass is 32.2. The summed E-state index contributed by atoms with van der Waals surface area (Å²) in [7, 11) is 0. The summed E-state index contributed by atoms with van der Waals surface area (Å²) in [5, 5.41) is 3.32. The molecule has 1 saturated heterocycles. The topological polar surface area (TPSA) is 32.3 Å². The minimum absolute atomic E-state index is 0.283. The SMILES string of the molecule is CCC1(C)NCN(CC2(SC)CC2)C1=O. The second kappa shape index (κ2) is 3.67. The van der Waals surface area contributed by atoms with E-state index in [9.17, 15) is 4.79 Å². The van der Waals surface area contributed by atoms with Gasteiger partial charge >= 0.3 is 0 Å². The van der Waals surface area contributed by atoms with E-state index >= 15 is 0 Å². The van der Waals surface area contributed by atoms with Gasteiger partial charge in [-0.15, -0.1) is 0 Å². The molecule has 0 radical (unpaired) electrons. The molecule has 1 amide bonds. The number of amides is 1. The summed E-state index contributed by atoms with van der Waals surface area (Å²) in [5.41, 5.74) is -0.311. The lowest BCUT2D eigenvalue weighted by Crippen LogP contribution is -2.43. The molecule has 1 heterocycles. The van der Waals surface area contributed by atoms with Crippen LogP contribution < -0.4 is 5.32 Å². The number of rotatable bonds is 4. The van der Waals surface area contributed by atoms with Crippen LogP contribution in [0.3, 0.4) is 0 Å². The van der Waals surface area contributed by atoms with E-state index in [4.69, 9.17) is 0 Å². The van der Waals surface area contributed by atoms with Gasteiger partial charge in [0.2, 0.25) is 5.91 Å². The van der Waals surface area contributed by atoms with Crippen molar-refractivity contribution in [1.82, 2.24) is 10.2 Å². The molecule has 0 spiro atoms. The van der Waals surface area contributed by atoms with Gasteiger partial charge in [-0.1, -0.05) is 6.92 Å². The van der Waals surface area contributed by atoms with Gasteiger partial charge in [0.25, 0.3) is 0 Å². The summed E-state index contributed by atoms with van der Waals surface area (Å²) in [6.07, 6.45) is 5.55. The lowest BCUT2D eigenvalue weighted by Gasteiger charge is -2.24. The van der Waals surface area contributed by atoms with Crippen LogP contribution >= 0.6 is 11.8 Å². The highest BCUT2D eigenvalue weighted by Crippen LogP contribution is 2.48. The lowest BCUT2D eigenvalue weighted by atomic mass is 9.99. The quantitative estimate of drug-likeness (QED) is 0.790. The first-order valence-corrected chi connectivity index (χ1v) is 6.87. The van der Waals surface area contributed by atoms with Crippen molar-refractivity contribution in [1.29, 1.82) is 0 Å². The Balaban J connectivity index is 1.99. The smallest absolute Gasteiger partial charge is 0.243 e. The Morgan fingerprint density at radius 1 is 1.53 bits per heavy atom. The average molecular weight is 228 g/mol. The third-order valence-electron chi connectivity index (χ3n) is 3.85. The summed E-state index contributed by atoms with van der Waals surface area (Å²) in [4.78, 5) is 14.1. The predicted molar refractivity (Wildman–Crippen MR) is 63.9 cm³/mol. The van der Waals surface area contributed by atoms with Gasteiger partial charge in [0, 0.05) is 11.3 Å². The van der Waals surface area contributed by atoms with Crippen LogP contribution in [0.5, 0.6) is 0 Å². The maximum Gasteiger partial charge on any atom is 0.243 e. The van der Waals surface area contributed by atoms with Crippen LogP contribution in [0.4, 0.5) is 0 Å². The van der Waals surface area contributed by atoms with Crippen molar-refractivity contribution in [3.05, 3.63) is 0 Å². The minimum Gasteiger partial charge on any atom is -0.327 e. The van der Waals surface area contributed by atoms with Crippen molar-refractivity contribution < 1.29 is 4.79 Å². The predicted octanol–water partition coefficient (Wildman–Crippen LogP) is 1.44. The zero-order valence-electron chi connectivity index (χ0n) is 9.80. The van der Waals surface area contributed by atoms with Crippen LogP contribution in [0.15, 0.2) is 0 Å². The zero-order chi connectivity index (χ0) is 11.1. The van der Waals surface area contributed by atoms with Crippen LogP contribution in [0, 0.1) is 0 Å². The van der Waals surface area contributed by atoms with Gasteiger partial charge in [-0.3, -0.25) is 10.1 Å². The summed E-state index contributed by atoms with van der Waals surface area (Å²) in [5.74, 6) is 0.283. The van der Waals surface area contributed by atoms with Gasteiger partial charge in [-0.05, 0) is 32.4 Å². The molecule has 0 bridgehead atoms. The standard InChI is InChI=1S/C11H20N2OS/c1-4-10(2)9(14)13(8-12-10)7-11(15-3)5-6-11/h12H,4-8H2,1-3H3. The fourth-order valence-electron chi connectivity index (χ4n) is 2.08. The van der Waals surface area contributed by atoms with Gasteiger partial charge in [-0.25, -0.2) is 0 Å². The minimum atomic E-state index is -0.311. The second-order valence-corrected chi connectivity index (χ2v) is 6.19. The molecule has 0 aromatic heterocycles. The Hall–Kier alpha value is -0.220. The monoisotopic (exact) mass is 228 g/mol. The van der Waals surface area contributed by atoms with E-state index in [-0.39, 0.29) is 11.4 Å². The largest absolute Gasteiger partial charge is 0.327 e. The highest BCUT2D eigenvalue weighted by Gasteiger charge is 2.48. The summed E-state index contributed by atoms with van der Waals surface area (Å²) in [6.45, 7) is 5.73. The van der Waals surface area contributed by atoms with Crippen LogP contribution in [-0.2, 0) is 4.79 Å². The molecule has 3 nitrogen and oxygen atoms in total. The molecule has 2 aliphatic rings. The van der Waals surface area contributed by atoms with Gasteiger partial charge in [0.1, 0.15) is 0 Å². The number of hydrogen-bond donors (Lipinski definition) is 1. The molecular formula is C11H20N2OS. The van der Waals surface area contributed by atoms with E-state index in [1.165, 1.54) is 12.8 Å².